The zero-order valence-corrected chi connectivity index (χ0v) is 12.2. The van der Waals surface area contributed by atoms with Gasteiger partial charge in [-0.2, -0.15) is 0 Å². The van der Waals surface area contributed by atoms with Crippen LogP contribution in [0.1, 0.15) is 20.8 Å². The Hall–Kier alpha value is -1.64. The molecule has 0 atom stereocenters. The number of hydrogen-bond acceptors (Lipinski definition) is 5. The predicted octanol–water partition coefficient (Wildman–Crippen LogP) is 0.882. The zero-order valence-electron chi connectivity index (χ0n) is 11.3. The first-order chi connectivity index (χ1) is 9.42. The van der Waals surface area contributed by atoms with E-state index >= 15 is 0 Å². The van der Waals surface area contributed by atoms with Gasteiger partial charge in [0.1, 0.15) is 5.00 Å². The van der Waals surface area contributed by atoms with Crippen molar-refractivity contribution in [2.75, 3.05) is 31.6 Å². The van der Waals surface area contributed by atoms with Crippen LogP contribution in [0.2, 0.25) is 0 Å². The van der Waals surface area contributed by atoms with Crippen molar-refractivity contribution < 1.29 is 24.9 Å². The van der Waals surface area contributed by atoms with Crippen LogP contribution in [0.3, 0.4) is 0 Å². The molecule has 0 radical (unpaired) electrons. The number of nitrogens with zero attached hydrogens (tertiary/aromatic N) is 1. The maximum absolute atomic E-state index is 12.0. The van der Waals surface area contributed by atoms with Gasteiger partial charge in [0.2, 0.25) is 0 Å². The summed E-state index contributed by atoms with van der Waals surface area (Å²) in [6, 6.07) is -0.545. The fourth-order valence-electron chi connectivity index (χ4n) is 1.71. The fraction of sp³-hybridized carbons (Fsp3) is 0.500. The quantitative estimate of drug-likeness (QED) is 0.623. The van der Waals surface area contributed by atoms with Gasteiger partial charge in [-0.15, -0.1) is 11.3 Å². The number of carbonyl (C=O) groups excluding carboxylic acids is 1. The van der Waals surface area contributed by atoms with Gasteiger partial charge in [0.15, 0.2) is 0 Å². The Morgan fingerprint density at radius 2 is 1.75 bits per heavy atom. The average molecular weight is 302 g/mol. The van der Waals surface area contributed by atoms with Crippen molar-refractivity contribution >= 4 is 28.3 Å². The maximum atomic E-state index is 12.0. The summed E-state index contributed by atoms with van der Waals surface area (Å²) in [6.07, 6.45) is 0. The molecule has 0 aliphatic heterocycles. The van der Waals surface area contributed by atoms with Crippen LogP contribution in [0.25, 0.3) is 0 Å². The molecule has 0 saturated heterocycles. The molecule has 7 nitrogen and oxygen atoms in total. The van der Waals surface area contributed by atoms with Crippen LogP contribution >= 0.6 is 11.3 Å². The monoisotopic (exact) mass is 302 g/mol. The highest BCUT2D eigenvalue weighted by Gasteiger charge is 2.22. The van der Waals surface area contributed by atoms with Gasteiger partial charge in [0, 0.05) is 18.0 Å². The second-order valence-corrected chi connectivity index (χ2v) is 5.38. The lowest BCUT2D eigenvalue weighted by Gasteiger charge is -2.20. The van der Waals surface area contributed by atoms with Crippen molar-refractivity contribution in [2.45, 2.75) is 13.8 Å². The van der Waals surface area contributed by atoms with Crippen molar-refractivity contribution in [2.24, 2.45) is 0 Å². The number of amides is 2. The van der Waals surface area contributed by atoms with Crippen molar-refractivity contribution in [1.82, 2.24) is 4.90 Å². The Kier molecular flexibility index (Phi) is 5.93. The summed E-state index contributed by atoms with van der Waals surface area (Å²) in [6.45, 7) is 3.13. The van der Waals surface area contributed by atoms with Gasteiger partial charge >= 0.3 is 12.0 Å². The first-order valence-corrected chi connectivity index (χ1v) is 6.85. The number of aryl methyl sites for hydroxylation is 1. The molecule has 4 N–H and O–H groups in total. The second-order valence-electron chi connectivity index (χ2n) is 4.16. The molecule has 0 spiro atoms. The highest BCUT2D eigenvalue weighted by atomic mass is 32.1. The minimum absolute atomic E-state index is 0.0676. The number of carboxylic acids is 1. The third-order valence-corrected chi connectivity index (χ3v) is 3.97. The molecule has 8 heteroatoms. The van der Waals surface area contributed by atoms with Gasteiger partial charge in [-0.25, -0.2) is 9.59 Å². The molecule has 1 rings (SSSR count). The summed E-state index contributed by atoms with van der Waals surface area (Å²) < 4.78 is 0. The summed E-state index contributed by atoms with van der Waals surface area (Å²) in [5.41, 5.74) is 0.697. The molecule has 112 valence electrons. The molecule has 0 saturated carbocycles. The lowest BCUT2D eigenvalue weighted by Crippen LogP contribution is -2.39. The van der Waals surface area contributed by atoms with Crippen LogP contribution in [0.15, 0.2) is 0 Å². The number of urea groups is 1. The molecule has 0 fully saturated rings. The molecule has 0 aliphatic rings. The highest BCUT2D eigenvalue weighted by Crippen LogP contribution is 2.32. The molecule has 1 aromatic heterocycles. The van der Waals surface area contributed by atoms with Crippen molar-refractivity contribution in [3.05, 3.63) is 16.0 Å². The first kappa shape index (κ1) is 16.4. The first-order valence-electron chi connectivity index (χ1n) is 6.03. The highest BCUT2D eigenvalue weighted by molar-refractivity contribution is 7.16. The van der Waals surface area contributed by atoms with Crippen LogP contribution in [-0.4, -0.2) is 58.5 Å². The zero-order chi connectivity index (χ0) is 15.3. The number of nitrogens with one attached hydrogen (secondary N) is 1. The topological polar surface area (TPSA) is 110 Å². The summed E-state index contributed by atoms with van der Waals surface area (Å²) in [4.78, 5) is 25.2. The number of carbonyl (C=O) groups is 2. The van der Waals surface area contributed by atoms with E-state index in [1.54, 1.807) is 13.8 Å². The van der Waals surface area contributed by atoms with Gasteiger partial charge in [-0.3, -0.25) is 5.32 Å². The fourth-order valence-corrected chi connectivity index (χ4v) is 2.75. The van der Waals surface area contributed by atoms with Gasteiger partial charge in [0.05, 0.1) is 18.8 Å². The minimum Gasteiger partial charge on any atom is -0.478 e. The molecular weight excluding hydrogens is 284 g/mol. The van der Waals surface area contributed by atoms with Crippen molar-refractivity contribution in [1.29, 1.82) is 0 Å². The molecule has 1 heterocycles. The maximum Gasteiger partial charge on any atom is 0.338 e. The minimum atomic E-state index is -1.10. The molecule has 0 aliphatic carbocycles. The number of thiophene rings is 1. The van der Waals surface area contributed by atoms with Gasteiger partial charge < -0.3 is 20.2 Å². The van der Waals surface area contributed by atoms with Crippen LogP contribution in [-0.2, 0) is 0 Å². The molecule has 1 aromatic rings. The van der Waals surface area contributed by atoms with E-state index in [4.69, 9.17) is 10.2 Å². The van der Waals surface area contributed by atoms with Crippen molar-refractivity contribution in [3.8, 4) is 0 Å². The summed E-state index contributed by atoms with van der Waals surface area (Å²) in [5, 5.41) is 29.7. The van der Waals surface area contributed by atoms with E-state index in [-0.39, 0.29) is 36.9 Å². The van der Waals surface area contributed by atoms with E-state index in [0.29, 0.717) is 5.56 Å². The van der Waals surface area contributed by atoms with Crippen LogP contribution in [0, 0.1) is 13.8 Å². The van der Waals surface area contributed by atoms with Crippen molar-refractivity contribution in [3.63, 3.8) is 0 Å². The SMILES string of the molecule is Cc1sc(NC(=O)N(CCO)CCO)c(C(=O)O)c1C. The van der Waals surface area contributed by atoms with Crippen LogP contribution in [0.5, 0.6) is 0 Å². The Balaban J connectivity index is 2.94. The van der Waals surface area contributed by atoms with E-state index in [1.165, 1.54) is 16.2 Å². The third-order valence-electron chi connectivity index (χ3n) is 2.85. The molecular formula is C12H18N2O5S. The summed E-state index contributed by atoms with van der Waals surface area (Å²) in [7, 11) is 0. The summed E-state index contributed by atoms with van der Waals surface area (Å²) in [5.74, 6) is -1.10. The number of hydrogen-bond donors (Lipinski definition) is 4. The van der Waals surface area contributed by atoms with Gasteiger partial charge in [0.25, 0.3) is 0 Å². The Morgan fingerprint density at radius 3 is 2.20 bits per heavy atom. The smallest absolute Gasteiger partial charge is 0.338 e. The summed E-state index contributed by atoms with van der Waals surface area (Å²) >= 11 is 1.19. The number of carboxylic acid groups (broad SMARTS) is 1. The molecule has 0 aromatic carbocycles. The lowest BCUT2D eigenvalue weighted by atomic mass is 10.1. The van der Waals surface area contributed by atoms with Crippen LogP contribution < -0.4 is 5.32 Å². The number of aliphatic hydroxyl groups is 2. The average Bonchev–Trinajstić information content (AvgIpc) is 2.64. The largest absolute Gasteiger partial charge is 0.478 e. The van der Waals surface area contributed by atoms with E-state index in [1.807, 2.05) is 0 Å². The standard InChI is InChI=1S/C12H18N2O5S/c1-7-8(2)20-10(9(7)11(17)18)13-12(19)14(3-5-15)4-6-16/h15-16H,3-6H2,1-2H3,(H,13,19)(H,17,18). The van der Waals surface area contributed by atoms with Gasteiger partial charge in [-0.1, -0.05) is 0 Å². The van der Waals surface area contributed by atoms with Gasteiger partial charge in [-0.05, 0) is 19.4 Å². The van der Waals surface area contributed by atoms with E-state index in [0.717, 1.165) is 4.88 Å². The Labute approximate surface area is 120 Å². The molecule has 20 heavy (non-hydrogen) atoms. The number of rotatable bonds is 6. The second kappa shape index (κ2) is 7.22. The number of aliphatic hydroxyl groups excluding tert-OH is 2. The lowest BCUT2D eigenvalue weighted by molar-refractivity contribution is 0.0697. The number of anilines is 1. The third kappa shape index (κ3) is 3.69. The van der Waals surface area contributed by atoms with E-state index < -0.39 is 12.0 Å². The van der Waals surface area contributed by atoms with E-state index in [2.05, 4.69) is 5.32 Å². The Morgan fingerprint density at radius 1 is 1.20 bits per heavy atom. The van der Waals surface area contributed by atoms with Crippen LogP contribution in [0.4, 0.5) is 9.80 Å². The molecule has 0 unspecified atom stereocenters. The predicted molar refractivity (Wildman–Crippen MR) is 75.5 cm³/mol. The van der Waals surface area contributed by atoms with E-state index in [9.17, 15) is 14.7 Å². The normalized spacial score (nSPS) is 10.4. The number of aromatic carboxylic acids is 1. The molecule has 0 bridgehead atoms. The molecule has 2 amide bonds. The Bertz CT molecular complexity index is 494.